The largest absolute Gasteiger partial charge is 0.396 e. The predicted octanol–water partition coefficient (Wildman–Crippen LogP) is 1.87. The third-order valence-corrected chi connectivity index (χ3v) is 4.26. The first-order valence-corrected chi connectivity index (χ1v) is 8.06. The normalized spacial score (nSPS) is 16.1. The van der Waals surface area contributed by atoms with Crippen molar-refractivity contribution < 1.29 is 14.7 Å². The molecule has 2 amide bonds. The Hall–Kier alpha value is -1.92. The average Bonchev–Trinajstić information content (AvgIpc) is 2.96. The van der Waals surface area contributed by atoms with E-state index in [2.05, 4.69) is 16.0 Å². The molecule has 0 unspecified atom stereocenters. The molecule has 0 heterocycles. The van der Waals surface area contributed by atoms with Crippen LogP contribution in [0.5, 0.6) is 0 Å². The Balaban J connectivity index is 1.83. The summed E-state index contributed by atoms with van der Waals surface area (Å²) in [6, 6.07) is 6.99. The molecule has 0 aliphatic heterocycles. The van der Waals surface area contributed by atoms with Gasteiger partial charge in [0.15, 0.2) is 0 Å². The molecule has 1 aromatic rings. The number of anilines is 2. The van der Waals surface area contributed by atoms with Crippen LogP contribution in [0, 0.1) is 0 Å². The second-order valence-corrected chi connectivity index (χ2v) is 6.12. The van der Waals surface area contributed by atoms with E-state index < -0.39 is 0 Å². The quantitative estimate of drug-likeness (QED) is 0.617. The van der Waals surface area contributed by atoms with Crippen LogP contribution in [-0.4, -0.2) is 35.6 Å². The smallest absolute Gasteiger partial charge is 0.238 e. The summed E-state index contributed by atoms with van der Waals surface area (Å²) in [5.41, 5.74) is 1.29. The highest BCUT2D eigenvalue weighted by Gasteiger charge is 2.32. The molecule has 0 radical (unpaired) electrons. The first-order chi connectivity index (χ1) is 11.0. The fraction of sp³-hybridized carbons (Fsp3) is 0.529. The second kappa shape index (κ2) is 8.08. The Morgan fingerprint density at radius 2 is 1.65 bits per heavy atom. The minimum absolute atomic E-state index is 0.0959. The van der Waals surface area contributed by atoms with Gasteiger partial charge in [-0.3, -0.25) is 9.59 Å². The molecule has 1 aromatic carbocycles. The van der Waals surface area contributed by atoms with E-state index in [0.717, 1.165) is 25.7 Å². The maximum atomic E-state index is 12.1. The van der Waals surface area contributed by atoms with Crippen molar-refractivity contribution in [3.63, 3.8) is 0 Å². The molecule has 1 aliphatic rings. The van der Waals surface area contributed by atoms with Crippen LogP contribution in [0.25, 0.3) is 0 Å². The van der Waals surface area contributed by atoms with Gasteiger partial charge in [0.05, 0.1) is 6.54 Å². The Morgan fingerprint density at radius 3 is 2.17 bits per heavy atom. The average molecular weight is 319 g/mol. The van der Waals surface area contributed by atoms with E-state index >= 15 is 0 Å². The van der Waals surface area contributed by atoms with E-state index in [9.17, 15) is 14.7 Å². The standard InChI is InChI=1S/C17H25N3O3/c1-13(22)19-14-4-6-15(7-5-14)20-16(23)12-18-17(10-11-21)8-2-3-9-17/h4-7,18,21H,2-3,8-12H2,1H3,(H,19,22)(H,20,23). The van der Waals surface area contributed by atoms with E-state index in [4.69, 9.17) is 0 Å². The van der Waals surface area contributed by atoms with Crippen molar-refractivity contribution in [3.8, 4) is 0 Å². The van der Waals surface area contributed by atoms with Crippen molar-refractivity contribution in [3.05, 3.63) is 24.3 Å². The highest BCUT2D eigenvalue weighted by atomic mass is 16.3. The SMILES string of the molecule is CC(=O)Nc1ccc(NC(=O)CNC2(CCO)CCCC2)cc1. The highest BCUT2D eigenvalue weighted by molar-refractivity contribution is 5.93. The van der Waals surface area contributed by atoms with E-state index in [0.29, 0.717) is 17.8 Å². The molecule has 0 atom stereocenters. The van der Waals surface area contributed by atoms with Gasteiger partial charge < -0.3 is 21.1 Å². The number of hydrogen-bond acceptors (Lipinski definition) is 4. The first kappa shape index (κ1) is 17.4. The lowest BCUT2D eigenvalue weighted by Gasteiger charge is -2.29. The van der Waals surface area contributed by atoms with E-state index in [1.54, 1.807) is 24.3 Å². The van der Waals surface area contributed by atoms with Crippen LogP contribution in [-0.2, 0) is 9.59 Å². The number of carbonyl (C=O) groups is 2. The monoisotopic (exact) mass is 319 g/mol. The summed E-state index contributed by atoms with van der Waals surface area (Å²) in [5.74, 6) is -0.238. The van der Waals surface area contributed by atoms with Gasteiger partial charge in [0.25, 0.3) is 0 Å². The van der Waals surface area contributed by atoms with Crippen LogP contribution in [0.1, 0.15) is 39.0 Å². The maximum Gasteiger partial charge on any atom is 0.238 e. The maximum absolute atomic E-state index is 12.1. The molecule has 6 nitrogen and oxygen atoms in total. The van der Waals surface area contributed by atoms with Gasteiger partial charge in [-0.15, -0.1) is 0 Å². The van der Waals surface area contributed by atoms with Crippen molar-refractivity contribution in [1.82, 2.24) is 5.32 Å². The highest BCUT2D eigenvalue weighted by Crippen LogP contribution is 2.32. The molecular formula is C17H25N3O3. The van der Waals surface area contributed by atoms with Crippen molar-refractivity contribution >= 4 is 23.2 Å². The van der Waals surface area contributed by atoms with Gasteiger partial charge >= 0.3 is 0 Å². The summed E-state index contributed by atoms with van der Waals surface area (Å²) in [6.07, 6.45) is 4.97. The zero-order chi connectivity index (χ0) is 16.7. The molecule has 126 valence electrons. The number of amides is 2. The molecule has 2 rings (SSSR count). The van der Waals surface area contributed by atoms with Gasteiger partial charge in [-0.2, -0.15) is 0 Å². The third kappa shape index (κ3) is 5.33. The van der Waals surface area contributed by atoms with Gasteiger partial charge in [-0.25, -0.2) is 0 Å². The van der Waals surface area contributed by atoms with Crippen LogP contribution in [0.4, 0.5) is 11.4 Å². The van der Waals surface area contributed by atoms with Gasteiger partial charge in [0.1, 0.15) is 0 Å². The zero-order valence-corrected chi connectivity index (χ0v) is 13.5. The lowest BCUT2D eigenvalue weighted by molar-refractivity contribution is -0.116. The number of rotatable bonds is 7. The molecule has 6 heteroatoms. The lowest BCUT2D eigenvalue weighted by Crippen LogP contribution is -2.46. The van der Waals surface area contributed by atoms with E-state index in [1.807, 2.05) is 0 Å². The summed E-state index contributed by atoms with van der Waals surface area (Å²) in [5, 5.41) is 18.0. The number of hydrogen-bond donors (Lipinski definition) is 4. The van der Waals surface area contributed by atoms with Crippen LogP contribution >= 0.6 is 0 Å². The molecule has 1 saturated carbocycles. The fourth-order valence-corrected chi connectivity index (χ4v) is 3.09. The van der Waals surface area contributed by atoms with Crippen LogP contribution in [0.15, 0.2) is 24.3 Å². The number of aliphatic hydroxyl groups is 1. The fourth-order valence-electron chi connectivity index (χ4n) is 3.09. The first-order valence-electron chi connectivity index (χ1n) is 8.06. The van der Waals surface area contributed by atoms with Crippen molar-refractivity contribution in [2.24, 2.45) is 0 Å². The van der Waals surface area contributed by atoms with Gasteiger partial charge in [-0.05, 0) is 43.5 Å². The van der Waals surface area contributed by atoms with E-state index in [-0.39, 0.29) is 30.5 Å². The van der Waals surface area contributed by atoms with Crippen LogP contribution in [0.2, 0.25) is 0 Å². The number of benzene rings is 1. The molecule has 23 heavy (non-hydrogen) atoms. The zero-order valence-electron chi connectivity index (χ0n) is 13.5. The van der Waals surface area contributed by atoms with Gasteiger partial charge in [0.2, 0.25) is 11.8 Å². The Kier molecular flexibility index (Phi) is 6.12. The molecular weight excluding hydrogens is 294 g/mol. The molecule has 1 fully saturated rings. The van der Waals surface area contributed by atoms with Crippen molar-refractivity contribution in [2.75, 3.05) is 23.8 Å². The number of carbonyl (C=O) groups excluding carboxylic acids is 2. The summed E-state index contributed by atoms with van der Waals surface area (Å²) < 4.78 is 0. The van der Waals surface area contributed by atoms with Crippen molar-refractivity contribution in [2.45, 2.75) is 44.6 Å². The molecule has 0 bridgehead atoms. The Labute approximate surface area is 136 Å². The number of aliphatic hydroxyl groups excluding tert-OH is 1. The summed E-state index contributed by atoms with van der Waals surface area (Å²) in [6.45, 7) is 1.82. The minimum atomic E-state index is -0.128. The molecule has 0 aromatic heterocycles. The molecule has 4 N–H and O–H groups in total. The molecule has 0 spiro atoms. The predicted molar refractivity (Wildman–Crippen MR) is 90.3 cm³/mol. The molecule has 1 aliphatic carbocycles. The Morgan fingerprint density at radius 1 is 1.09 bits per heavy atom. The molecule has 0 saturated heterocycles. The van der Waals surface area contributed by atoms with E-state index in [1.165, 1.54) is 6.92 Å². The second-order valence-electron chi connectivity index (χ2n) is 6.12. The van der Waals surface area contributed by atoms with Crippen molar-refractivity contribution in [1.29, 1.82) is 0 Å². The lowest BCUT2D eigenvalue weighted by atomic mass is 9.93. The van der Waals surface area contributed by atoms with Crippen LogP contribution in [0.3, 0.4) is 0 Å². The minimum Gasteiger partial charge on any atom is -0.396 e. The van der Waals surface area contributed by atoms with Crippen LogP contribution < -0.4 is 16.0 Å². The summed E-state index contributed by atoms with van der Waals surface area (Å²) >= 11 is 0. The Bertz CT molecular complexity index is 537. The summed E-state index contributed by atoms with van der Waals surface area (Å²) in [4.78, 5) is 23.0. The van der Waals surface area contributed by atoms with Gasteiger partial charge in [-0.1, -0.05) is 12.8 Å². The third-order valence-electron chi connectivity index (χ3n) is 4.26. The van der Waals surface area contributed by atoms with Gasteiger partial charge in [0, 0.05) is 30.4 Å². The number of nitrogens with one attached hydrogen (secondary N) is 3. The summed E-state index contributed by atoms with van der Waals surface area (Å²) in [7, 11) is 0. The topological polar surface area (TPSA) is 90.5 Å².